The van der Waals surface area contributed by atoms with Crippen LogP contribution in [0.25, 0.3) is 0 Å². The first-order valence-electron chi connectivity index (χ1n) is 8.27. The maximum absolute atomic E-state index is 14.5. The molecule has 0 saturated carbocycles. The van der Waals surface area contributed by atoms with Crippen molar-refractivity contribution in [2.24, 2.45) is 5.10 Å². The number of rotatable bonds is 4. The third-order valence-corrected chi connectivity index (χ3v) is 4.40. The van der Waals surface area contributed by atoms with Gasteiger partial charge in [-0.15, -0.1) is 0 Å². The lowest BCUT2D eigenvalue weighted by atomic mass is 10.1. The van der Waals surface area contributed by atoms with E-state index in [9.17, 15) is 9.18 Å². The van der Waals surface area contributed by atoms with Crippen LogP contribution in [0.15, 0.2) is 47.6 Å². The number of benzene rings is 2. The topological polar surface area (TPSA) is 53.9 Å². The van der Waals surface area contributed by atoms with Gasteiger partial charge in [-0.2, -0.15) is 5.10 Å². The third-order valence-electron chi connectivity index (χ3n) is 4.15. The molecule has 1 amide bonds. The zero-order chi connectivity index (χ0) is 18.5. The summed E-state index contributed by atoms with van der Waals surface area (Å²) in [5.41, 5.74) is 4.59. The number of amides is 1. The SMILES string of the molecule is C/C(=N/NC(=O)c1ccc(Cl)cc1)c1ccc(N2CCOCC2)c(F)c1. The molecule has 1 fully saturated rings. The van der Waals surface area contributed by atoms with Gasteiger partial charge in [-0.1, -0.05) is 17.7 Å². The molecule has 1 heterocycles. The molecule has 2 aromatic carbocycles. The summed E-state index contributed by atoms with van der Waals surface area (Å²) in [5.74, 6) is -0.672. The van der Waals surface area contributed by atoms with Gasteiger partial charge < -0.3 is 9.64 Å². The molecule has 1 aliphatic heterocycles. The van der Waals surface area contributed by atoms with Crippen molar-refractivity contribution in [3.8, 4) is 0 Å². The standard InChI is InChI=1S/C19H19ClFN3O2/c1-13(22-23-19(25)14-2-5-16(20)6-3-14)15-4-7-18(17(21)12-15)24-8-10-26-11-9-24/h2-7,12H,8-11H2,1H3,(H,23,25)/b22-13-. The fourth-order valence-corrected chi connectivity index (χ4v) is 2.78. The van der Waals surface area contributed by atoms with E-state index in [1.165, 1.54) is 6.07 Å². The number of carbonyl (C=O) groups excluding carboxylic acids is 1. The van der Waals surface area contributed by atoms with Gasteiger partial charge in [0.15, 0.2) is 0 Å². The van der Waals surface area contributed by atoms with E-state index in [1.54, 1.807) is 43.3 Å². The second-order valence-corrected chi connectivity index (χ2v) is 6.35. The molecular formula is C19H19ClFN3O2. The monoisotopic (exact) mass is 375 g/mol. The average Bonchev–Trinajstić information content (AvgIpc) is 2.67. The zero-order valence-corrected chi connectivity index (χ0v) is 15.1. The van der Waals surface area contributed by atoms with Gasteiger partial charge in [-0.25, -0.2) is 9.82 Å². The molecule has 0 radical (unpaired) electrons. The van der Waals surface area contributed by atoms with Gasteiger partial charge in [0.1, 0.15) is 5.82 Å². The molecule has 1 saturated heterocycles. The maximum atomic E-state index is 14.5. The number of morpholine rings is 1. The Morgan fingerprint density at radius 3 is 2.46 bits per heavy atom. The Balaban J connectivity index is 1.69. The minimum absolute atomic E-state index is 0.317. The molecule has 0 spiro atoms. The summed E-state index contributed by atoms with van der Waals surface area (Å²) in [7, 11) is 0. The first-order valence-corrected chi connectivity index (χ1v) is 8.65. The van der Waals surface area contributed by atoms with E-state index in [1.807, 2.05) is 4.90 Å². The molecule has 0 unspecified atom stereocenters. The van der Waals surface area contributed by atoms with E-state index in [0.29, 0.717) is 53.9 Å². The number of anilines is 1. The predicted octanol–water partition coefficient (Wildman–Crippen LogP) is 3.47. The number of nitrogens with one attached hydrogen (secondary N) is 1. The molecule has 3 rings (SSSR count). The van der Waals surface area contributed by atoms with Crippen LogP contribution in [0.2, 0.25) is 5.02 Å². The summed E-state index contributed by atoms with van der Waals surface area (Å²) in [6, 6.07) is 11.4. The van der Waals surface area contributed by atoms with E-state index in [2.05, 4.69) is 10.5 Å². The number of nitrogens with zero attached hydrogens (tertiary/aromatic N) is 2. The van der Waals surface area contributed by atoms with Crippen molar-refractivity contribution >= 4 is 28.9 Å². The maximum Gasteiger partial charge on any atom is 0.271 e. The molecule has 2 aromatic rings. The van der Waals surface area contributed by atoms with Crippen LogP contribution in [0.1, 0.15) is 22.8 Å². The first kappa shape index (κ1) is 18.4. The van der Waals surface area contributed by atoms with Gasteiger partial charge in [-0.3, -0.25) is 4.79 Å². The van der Waals surface area contributed by atoms with Crippen LogP contribution in [0.3, 0.4) is 0 Å². The lowest BCUT2D eigenvalue weighted by molar-refractivity contribution is 0.0955. The highest BCUT2D eigenvalue weighted by Crippen LogP contribution is 2.22. The number of hydrogen-bond donors (Lipinski definition) is 1. The fraction of sp³-hybridized carbons (Fsp3) is 0.263. The summed E-state index contributed by atoms with van der Waals surface area (Å²) in [6.07, 6.45) is 0. The van der Waals surface area contributed by atoms with Gasteiger partial charge in [0.25, 0.3) is 5.91 Å². The number of hydrogen-bond acceptors (Lipinski definition) is 4. The lowest BCUT2D eigenvalue weighted by Gasteiger charge is -2.29. The Hall–Kier alpha value is -2.44. The second kappa shape index (κ2) is 8.29. The van der Waals surface area contributed by atoms with Crippen LogP contribution in [0, 0.1) is 5.82 Å². The first-order chi connectivity index (χ1) is 12.5. The van der Waals surface area contributed by atoms with E-state index < -0.39 is 0 Å². The Bertz CT molecular complexity index is 818. The average molecular weight is 376 g/mol. The normalized spacial score (nSPS) is 15.0. The molecule has 1 aliphatic rings. The van der Waals surface area contributed by atoms with Crippen LogP contribution >= 0.6 is 11.6 Å². The van der Waals surface area contributed by atoms with Crippen molar-refractivity contribution in [1.29, 1.82) is 0 Å². The van der Waals surface area contributed by atoms with Gasteiger partial charge >= 0.3 is 0 Å². The molecule has 5 nitrogen and oxygen atoms in total. The van der Waals surface area contributed by atoms with Crippen molar-refractivity contribution in [2.45, 2.75) is 6.92 Å². The molecule has 1 N–H and O–H groups in total. The Morgan fingerprint density at radius 1 is 1.15 bits per heavy atom. The van der Waals surface area contributed by atoms with Crippen LogP contribution in [-0.4, -0.2) is 37.9 Å². The Kier molecular flexibility index (Phi) is 5.85. The quantitative estimate of drug-likeness (QED) is 0.657. The molecule has 0 atom stereocenters. The smallest absolute Gasteiger partial charge is 0.271 e. The summed E-state index contributed by atoms with van der Waals surface area (Å²) >= 11 is 5.80. The van der Waals surface area contributed by atoms with Gasteiger partial charge in [0.05, 0.1) is 24.6 Å². The minimum Gasteiger partial charge on any atom is -0.378 e. The fourth-order valence-electron chi connectivity index (χ4n) is 2.66. The summed E-state index contributed by atoms with van der Waals surface area (Å²) in [5, 5.41) is 4.61. The van der Waals surface area contributed by atoms with Gasteiger partial charge in [-0.05, 0) is 43.3 Å². The number of carbonyl (C=O) groups is 1. The lowest BCUT2D eigenvalue weighted by Crippen LogP contribution is -2.36. The van der Waals surface area contributed by atoms with E-state index in [-0.39, 0.29) is 11.7 Å². The number of ether oxygens (including phenoxy) is 1. The molecule has 26 heavy (non-hydrogen) atoms. The minimum atomic E-state index is -0.355. The highest BCUT2D eigenvalue weighted by atomic mass is 35.5. The predicted molar refractivity (Wildman–Crippen MR) is 101 cm³/mol. The number of halogens is 2. The largest absolute Gasteiger partial charge is 0.378 e. The van der Waals surface area contributed by atoms with Crippen LogP contribution in [-0.2, 0) is 4.74 Å². The van der Waals surface area contributed by atoms with Crippen molar-refractivity contribution in [3.63, 3.8) is 0 Å². The molecule has 0 aromatic heterocycles. The zero-order valence-electron chi connectivity index (χ0n) is 14.3. The van der Waals surface area contributed by atoms with Crippen molar-refractivity contribution < 1.29 is 13.9 Å². The molecule has 7 heteroatoms. The van der Waals surface area contributed by atoms with Gasteiger partial charge in [0.2, 0.25) is 0 Å². The van der Waals surface area contributed by atoms with Crippen molar-refractivity contribution in [3.05, 3.63) is 64.4 Å². The van der Waals surface area contributed by atoms with Crippen LogP contribution in [0.4, 0.5) is 10.1 Å². The van der Waals surface area contributed by atoms with Crippen LogP contribution < -0.4 is 10.3 Å². The Labute approximate surface area is 156 Å². The summed E-state index contributed by atoms with van der Waals surface area (Å²) < 4.78 is 19.7. The highest BCUT2D eigenvalue weighted by Gasteiger charge is 2.16. The summed E-state index contributed by atoms with van der Waals surface area (Å²) in [6.45, 7) is 4.24. The third kappa shape index (κ3) is 4.39. The van der Waals surface area contributed by atoms with Crippen molar-refractivity contribution in [2.75, 3.05) is 31.2 Å². The second-order valence-electron chi connectivity index (χ2n) is 5.91. The van der Waals surface area contributed by atoms with Gasteiger partial charge in [0, 0.05) is 29.2 Å². The van der Waals surface area contributed by atoms with E-state index >= 15 is 0 Å². The summed E-state index contributed by atoms with van der Waals surface area (Å²) in [4.78, 5) is 14.0. The highest BCUT2D eigenvalue weighted by molar-refractivity contribution is 6.30. The Morgan fingerprint density at radius 2 is 1.81 bits per heavy atom. The van der Waals surface area contributed by atoms with Crippen LogP contribution in [0.5, 0.6) is 0 Å². The molecule has 136 valence electrons. The van der Waals surface area contributed by atoms with Crippen molar-refractivity contribution in [1.82, 2.24) is 5.43 Å². The number of hydrazone groups is 1. The van der Waals surface area contributed by atoms with E-state index in [0.717, 1.165) is 0 Å². The molecule has 0 bridgehead atoms. The van der Waals surface area contributed by atoms with E-state index in [4.69, 9.17) is 16.3 Å². The molecule has 0 aliphatic carbocycles. The molecular weight excluding hydrogens is 357 g/mol.